The van der Waals surface area contributed by atoms with Crippen molar-refractivity contribution >= 4 is 17.9 Å². The van der Waals surface area contributed by atoms with Crippen LogP contribution < -0.4 is 14.2 Å². The highest BCUT2D eigenvalue weighted by Crippen LogP contribution is 2.19. The van der Waals surface area contributed by atoms with E-state index in [-0.39, 0.29) is 23.7 Å². The molecule has 0 saturated heterocycles. The molecule has 0 N–H and O–H groups in total. The van der Waals surface area contributed by atoms with Crippen molar-refractivity contribution in [1.29, 1.82) is 5.26 Å². The zero-order valence-corrected chi connectivity index (χ0v) is 17.2. The molecule has 33 heavy (non-hydrogen) atoms. The fourth-order valence-corrected chi connectivity index (χ4v) is 2.49. The van der Waals surface area contributed by atoms with Crippen molar-refractivity contribution in [3.8, 4) is 23.3 Å². The van der Waals surface area contributed by atoms with E-state index in [1.807, 2.05) is 6.07 Å². The minimum Gasteiger partial charge on any atom is -0.457 e. The number of nitriles is 1. The van der Waals surface area contributed by atoms with E-state index in [0.29, 0.717) is 17.1 Å². The van der Waals surface area contributed by atoms with Crippen LogP contribution in [0.3, 0.4) is 0 Å². The number of carbonyl (C=O) groups is 3. The molecule has 0 heterocycles. The lowest BCUT2D eigenvalue weighted by Crippen LogP contribution is -2.10. The highest BCUT2D eigenvalue weighted by Gasteiger charge is 2.12. The van der Waals surface area contributed by atoms with E-state index in [0.717, 1.165) is 6.08 Å². The summed E-state index contributed by atoms with van der Waals surface area (Å²) in [6, 6.07) is 20.0. The van der Waals surface area contributed by atoms with Crippen molar-refractivity contribution < 1.29 is 33.3 Å². The Hall–Kier alpha value is -4.90. The number of benzene rings is 3. The molecule has 0 atom stereocenters. The van der Waals surface area contributed by atoms with Crippen LogP contribution in [0.25, 0.3) is 0 Å². The van der Waals surface area contributed by atoms with Crippen molar-refractivity contribution in [1.82, 2.24) is 0 Å². The Morgan fingerprint density at radius 2 is 1.21 bits per heavy atom. The molecule has 0 aliphatic heterocycles. The second-order valence-electron chi connectivity index (χ2n) is 6.39. The van der Waals surface area contributed by atoms with E-state index >= 15 is 0 Å². The smallest absolute Gasteiger partial charge is 0.343 e. The molecular formula is C25H17NO7. The van der Waals surface area contributed by atoms with Crippen LogP contribution in [0.5, 0.6) is 17.2 Å². The van der Waals surface area contributed by atoms with Crippen LogP contribution in [0, 0.1) is 11.3 Å². The SMILES string of the molecule is C=CC(=O)OCOc1ccc(C(=O)Oc2ccc(C(=O)Oc3ccc(C#N)cc3)cc2)cc1. The Balaban J connectivity index is 1.53. The molecule has 0 unspecified atom stereocenters. The lowest BCUT2D eigenvalue weighted by atomic mass is 10.2. The second kappa shape index (κ2) is 10.9. The number of hydrogen-bond donors (Lipinski definition) is 0. The molecule has 3 aromatic rings. The van der Waals surface area contributed by atoms with Gasteiger partial charge in [0.1, 0.15) is 17.2 Å². The fraction of sp³-hybridized carbons (Fsp3) is 0.0400. The summed E-state index contributed by atoms with van der Waals surface area (Å²) < 4.78 is 20.5. The second-order valence-corrected chi connectivity index (χ2v) is 6.39. The molecule has 0 saturated carbocycles. The third-order valence-corrected chi connectivity index (χ3v) is 4.18. The zero-order valence-electron chi connectivity index (χ0n) is 17.2. The first-order valence-electron chi connectivity index (χ1n) is 9.55. The first-order valence-corrected chi connectivity index (χ1v) is 9.55. The maximum atomic E-state index is 12.3. The monoisotopic (exact) mass is 443 g/mol. The van der Waals surface area contributed by atoms with Gasteiger partial charge in [0.2, 0.25) is 6.79 Å². The quantitative estimate of drug-likeness (QED) is 0.222. The molecular weight excluding hydrogens is 426 g/mol. The first-order chi connectivity index (χ1) is 16.0. The number of hydrogen-bond acceptors (Lipinski definition) is 8. The van der Waals surface area contributed by atoms with Gasteiger partial charge in [-0.3, -0.25) is 0 Å². The average Bonchev–Trinajstić information content (AvgIpc) is 2.85. The van der Waals surface area contributed by atoms with Crippen LogP contribution in [0.1, 0.15) is 26.3 Å². The Morgan fingerprint density at radius 3 is 1.67 bits per heavy atom. The standard InChI is InChI=1S/C25H17NO7/c1-2-23(27)31-16-30-20-11-5-18(6-12-20)24(28)33-22-13-7-19(8-14-22)25(29)32-21-9-3-17(15-26)4-10-21/h2-14H,1,16H2. The summed E-state index contributed by atoms with van der Waals surface area (Å²) in [5.74, 6) is -0.857. The Morgan fingerprint density at radius 1 is 0.758 bits per heavy atom. The van der Waals surface area contributed by atoms with Crippen LogP contribution in [-0.4, -0.2) is 24.7 Å². The number of nitrogens with zero attached hydrogens (tertiary/aromatic N) is 1. The molecule has 8 nitrogen and oxygen atoms in total. The predicted octanol–water partition coefficient (Wildman–Crippen LogP) is 4.06. The van der Waals surface area contributed by atoms with E-state index < -0.39 is 17.9 Å². The topological polar surface area (TPSA) is 112 Å². The van der Waals surface area contributed by atoms with E-state index in [4.69, 9.17) is 24.2 Å². The van der Waals surface area contributed by atoms with Gasteiger partial charge >= 0.3 is 17.9 Å². The van der Waals surface area contributed by atoms with E-state index in [9.17, 15) is 14.4 Å². The molecule has 0 spiro atoms. The van der Waals surface area contributed by atoms with Crippen molar-refractivity contribution in [3.05, 3.63) is 102 Å². The van der Waals surface area contributed by atoms with E-state index in [2.05, 4.69) is 6.58 Å². The highest BCUT2D eigenvalue weighted by molar-refractivity contribution is 5.92. The van der Waals surface area contributed by atoms with E-state index in [1.54, 1.807) is 12.1 Å². The number of ether oxygens (including phenoxy) is 4. The van der Waals surface area contributed by atoms with Gasteiger partial charge in [0.05, 0.1) is 22.8 Å². The molecule has 0 radical (unpaired) electrons. The summed E-state index contributed by atoms with van der Waals surface area (Å²) in [5.41, 5.74) is 0.990. The van der Waals surface area contributed by atoms with Gasteiger partial charge in [-0.25, -0.2) is 14.4 Å². The van der Waals surface area contributed by atoms with Crippen LogP contribution >= 0.6 is 0 Å². The minimum atomic E-state index is -0.608. The molecule has 0 amide bonds. The normalized spacial score (nSPS) is 9.79. The summed E-state index contributed by atoms with van der Waals surface area (Å²) in [4.78, 5) is 35.5. The molecule has 8 heteroatoms. The number of esters is 3. The highest BCUT2D eigenvalue weighted by atomic mass is 16.7. The lowest BCUT2D eigenvalue weighted by Gasteiger charge is -2.08. The van der Waals surface area contributed by atoms with Gasteiger partial charge < -0.3 is 18.9 Å². The van der Waals surface area contributed by atoms with Crippen LogP contribution in [0.15, 0.2) is 85.5 Å². The lowest BCUT2D eigenvalue weighted by molar-refractivity contribution is -0.144. The number of carbonyl (C=O) groups excluding carboxylic acids is 3. The van der Waals surface area contributed by atoms with Crippen molar-refractivity contribution in [3.63, 3.8) is 0 Å². The summed E-state index contributed by atoms with van der Waals surface area (Å²) >= 11 is 0. The van der Waals surface area contributed by atoms with Crippen LogP contribution in [-0.2, 0) is 9.53 Å². The molecule has 3 aromatic carbocycles. The van der Waals surface area contributed by atoms with Crippen LogP contribution in [0.4, 0.5) is 0 Å². The van der Waals surface area contributed by atoms with Crippen molar-refractivity contribution in [2.75, 3.05) is 6.79 Å². The molecule has 0 aliphatic rings. The first kappa shape index (κ1) is 22.8. The molecule has 0 fully saturated rings. The fourth-order valence-electron chi connectivity index (χ4n) is 2.49. The molecule has 164 valence electrons. The average molecular weight is 443 g/mol. The minimum absolute atomic E-state index is 0.242. The van der Waals surface area contributed by atoms with Gasteiger partial charge in [0, 0.05) is 6.08 Å². The number of rotatable bonds is 8. The summed E-state index contributed by atoms with van der Waals surface area (Å²) in [6.07, 6.45) is 1.02. The van der Waals surface area contributed by atoms with Gasteiger partial charge in [-0.05, 0) is 72.8 Å². The molecule has 3 rings (SSSR count). The van der Waals surface area contributed by atoms with E-state index in [1.165, 1.54) is 60.7 Å². The van der Waals surface area contributed by atoms with Gasteiger partial charge in [-0.2, -0.15) is 5.26 Å². The van der Waals surface area contributed by atoms with Gasteiger partial charge in [0.15, 0.2) is 0 Å². The van der Waals surface area contributed by atoms with Crippen LogP contribution in [0.2, 0.25) is 0 Å². The molecule has 0 aromatic heterocycles. The molecule has 0 aliphatic carbocycles. The maximum Gasteiger partial charge on any atom is 0.343 e. The zero-order chi connectivity index (χ0) is 23.6. The summed E-state index contributed by atoms with van der Waals surface area (Å²) in [6.45, 7) is 2.99. The third kappa shape index (κ3) is 6.54. The molecule has 0 bridgehead atoms. The Labute approximate surface area is 189 Å². The predicted molar refractivity (Wildman–Crippen MR) is 116 cm³/mol. The van der Waals surface area contributed by atoms with Gasteiger partial charge in [-0.1, -0.05) is 6.58 Å². The van der Waals surface area contributed by atoms with Gasteiger partial charge in [-0.15, -0.1) is 0 Å². The summed E-state index contributed by atoms with van der Waals surface area (Å²) in [7, 11) is 0. The maximum absolute atomic E-state index is 12.3. The van der Waals surface area contributed by atoms with Gasteiger partial charge in [0.25, 0.3) is 0 Å². The Kier molecular flexibility index (Phi) is 7.54. The van der Waals surface area contributed by atoms with Crippen molar-refractivity contribution in [2.45, 2.75) is 0 Å². The Bertz CT molecular complexity index is 1190. The summed E-state index contributed by atoms with van der Waals surface area (Å²) in [5, 5.41) is 8.80. The third-order valence-electron chi connectivity index (χ3n) is 4.18. The van der Waals surface area contributed by atoms with Crippen molar-refractivity contribution in [2.24, 2.45) is 0 Å². The largest absolute Gasteiger partial charge is 0.457 e.